The summed E-state index contributed by atoms with van der Waals surface area (Å²) in [6, 6.07) is 12.9. The molecule has 2 heterocycles. The van der Waals surface area contributed by atoms with E-state index in [1.54, 1.807) is 31.2 Å². The van der Waals surface area contributed by atoms with Crippen LogP contribution in [0.2, 0.25) is 0 Å². The number of carbonyl (C=O) groups excluding carboxylic acids is 2. The number of thiophene rings is 2. The Labute approximate surface area is 170 Å². The summed E-state index contributed by atoms with van der Waals surface area (Å²) in [5.41, 5.74) is 1.37. The van der Waals surface area contributed by atoms with Crippen LogP contribution in [0.3, 0.4) is 0 Å². The van der Waals surface area contributed by atoms with E-state index in [0.29, 0.717) is 32.4 Å². The van der Waals surface area contributed by atoms with Crippen molar-refractivity contribution in [2.75, 3.05) is 17.7 Å². The van der Waals surface area contributed by atoms with Gasteiger partial charge in [0.25, 0.3) is 5.91 Å². The predicted molar refractivity (Wildman–Crippen MR) is 111 cm³/mol. The van der Waals surface area contributed by atoms with Crippen molar-refractivity contribution in [2.45, 2.75) is 13.3 Å². The van der Waals surface area contributed by atoms with E-state index in [-0.39, 0.29) is 18.2 Å². The van der Waals surface area contributed by atoms with E-state index < -0.39 is 0 Å². The van der Waals surface area contributed by atoms with Crippen molar-refractivity contribution < 1.29 is 14.3 Å². The quantitative estimate of drug-likeness (QED) is 0.628. The second-order valence-corrected chi connectivity index (χ2v) is 7.88. The second-order valence-electron chi connectivity index (χ2n) is 5.83. The molecule has 0 unspecified atom stereocenters. The summed E-state index contributed by atoms with van der Waals surface area (Å²) in [6.07, 6.45) is 0.224. The van der Waals surface area contributed by atoms with Crippen LogP contribution in [0.1, 0.15) is 25.7 Å². The summed E-state index contributed by atoms with van der Waals surface area (Å²) in [5.74, 6) is -0.0471. The Kier molecular flexibility index (Phi) is 6.09. The highest BCUT2D eigenvalue weighted by atomic mass is 32.1. The van der Waals surface area contributed by atoms with Gasteiger partial charge in [-0.25, -0.2) is 0 Å². The Balaban J connectivity index is 1.81. The molecule has 0 aliphatic rings. The minimum atomic E-state index is -0.359. The van der Waals surface area contributed by atoms with Gasteiger partial charge in [0.1, 0.15) is 16.8 Å². The number of nitrogens with zero attached hydrogens (tertiary/aromatic N) is 1. The standard InChI is InChI=1S/C20H17N3O3S2/c1-12-14(11-21)20(23-17(24)10-13-6-5-9-27-13)28-18(12)19(25)22-15-7-3-4-8-16(15)26-2/h3-9H,10H2,1-2H3,(H,22,25)(H,23,24). The molecule has 2 amide bonds. The van der Waals surface area contributed by atoms with Crippen molar-refractivity contribution in [3.05, 3.63) is 62.7 Å². The molecule has 3 aromatic rings. The van der Waals surface area contributed by atoms with E-state index in [1.807, 2.05) is 17.5 Å². The lowest BCUT2D eigenvalue weighted by molar-refractivity contribution is -0.115. The van der Waals surface area contributed by atoms with Gasteiger partial charge in [0.05, 0.1) is 29.7 Å². The number of carbonyl (C=O) groups is 2. The fraction of sp³-hybridized carbons (Fsp3) is 0.150. The van der Waals surface area contributed by atoms with Gasteiger partial charge in [-0.1, -0.05) is 18.2 Å². The second kappa shape index (κ2) is 8.69. The molecule has 0 aliphatic heterocycles. The summed E-state index contributed by atoms with van der Waals surface area (Å²) < 4.78 is 5.25. The Morgan fingerprint density at radius 2 is 1.96 bits per heavy atom. The highest BCUT2D eigenvalue weighted by molar-refractivity contribution is 7.18. The number of ether oxygens (including phenoxy) is 1. The van der Waals surface area contributed by atoms with Crippen LogP contribution in [0.15, 0.2) is 41.8 Å². The van der Waals surface area contributed by atoms with Gasteiger partial charge in [0, 0.05) is 4.88 Å². The van der Waals surface area contributed by atoms with E-state index in [2.05, 4.69) is 16.7 Å². The van der Waals surface area contributed by atoms with Gasteiger partial charge < -0.3 is 15.4 Å². The van der Waals surface area contributed by atoms with E-state index in [0.717, 1.165) is 16.2 Å². The minimum absolute atomic E-state index is 0.224. The van der Waals surface area contributed by atoms with Crippen LogP contribution in [-0.2, 0) is 11.2 Å². The fourth-order valence-electron chi connectivity index (χ4n) is 2.62. The molecule has 0 saturated heterocycles. The number of methoxy groups -OCH3 is 1. The first kappa shape index (κ1) is 19.6. The van der Waals surface area contributed by atoms with Crippen molar-refractivity contribution in [3.63, 3.8) is 0 Å². The molecule has 0 fully saturated rings. The average molecular weight is 412 g/mol. The Hall–Kier alpha value is -3.15. The van der Waals surface area contributed by atoms with Gasteiger partial charge in [0.2, 0.25) is 5.91 Å². The summed E-state index contributed by atoms with van der Waals surface area (Å²) in [7, 11) is 1.52. The first-order chi connectivity index (χ1) is 13.5. The molecule has 0 spiro atoms. The van der Waals surface area contributed by atoms with Crippen LogP contribution < -0.4 is 15.4 Å². The van der Waals surface area contributed by atoms with Gasteiger partial charge in [0.15, 0.2) is 0 Å². The first-order valence-electron chi connectivity index (χ1n) is 8.33. The number of hydrogen-bond donors (Lipinski definition) is 2. The molecule has 0 aliphatic carbocycles. The van der Waals surface area contributed by atoms with Crippen LogP contribution in [0.25, 0.3) is 0 Å². The molecule has 2 N–H and O–H groups in total. The lowest BCUT2D eigenvalue weighted by Crippen LogP contribution is -2.13. The summed E-state index contributed by atoms with van der Waals surface area (Å²) in [6.45, 7) is 1.70. The molecule has 2 aromatic heterocycles. The number of nitriles is 1. The lowest BCUT2D eigenvalue weighted by atomic mass is 10.1. The third-order valence-electron chi connectivity index (χ3n) is 3.99. The van der Waals surface area contributed by atoms with Crippen LogP contribution in [-0.4, -0.2) is 18.9 Å². The number of rotatable bonds is 6. The smallest absolute Gasteiger partial charge is 0.266 e. The number of anilines is 2. The Bertz CT molecular complexity index is 1050. The van der Waals surface area contributed by atoms with Crippen molar-refractivity contribution in [3.8, 4) is 11.8 Å². The zero-order chi connectivity index (χ0) is 20.1. The zero-order valence-electron chi connectivity index (χ0n) is 15.2. The van der Waals surface area contributed by atoms with Crippen molar-refractivity contribution in [1.29, 1.82) is 5.26 Å². The molecule has 6 nitrogen and oxygen atoms in total. The lowest BCUT2D eigenvalue weighted by Gasteiger charge is -2.09. The van der Waals surface area contributed by atoms with Crippen LogP contribution in [0.5, 0.6) is 5.75 Å². The molecule has 142 valence electrons. The predicted octanol–water partition coefficient (Wildman–Crippen LogP) is 4.43. The highest BCUT2D eigenvalue weighted by Crippen LogP contribution is 2.34. The van der Waals surface area contributed by atoms with Crippen LogP contribution in [0.4, 0.5) is 10.7 Å². The Morgan fingerprint density at radius 3 is 2.64 bits per heavy atom. The molecule has 1 aromatic carbocycles. The normalized spacial score (nSPS) is 10.2. The molecule has 0 bridgehead atoms. The molecule has 0 atom stereocenters. The van der Waals surface area contributed by atoms with Gasteiger partial charge in [-0.15, -0.1) is 22.7 Å². The maximum Gasteiger partial charge on any atom is 0.266 e. The minimum Gasteiger partial charge on any atom is -0.495 e. The number of amides is 2. The molecular formula is C20H17N3O3S2. The maximum atomic E-state index is 12.7. The van der Waals surface area contributed by atoms with Crippen LogP contribution >= 0.6 is 22.7 Å². The monoisotopic (exact) mass is 411 g/mol. The van der Waals surface area contributed by atoms with Crippen molar-refractivity contribution >= 4 is 45.2 Å². The summed E-state index contributed by atoms with van der Waals surface area (Å²) in [5, 5.41) is 17.3. The molecule has 28 heavy (non-hydrogen) atoms. The van der Waals surface area contributed by atoms with Crippen molar-refractivity contribution in [2.24, 2.45) is 0 Å². The summed E-state index contributed by atoms with van der Waals surface area (Å²) in [4.78, 5) is 26.3. The zero-order valence-corrected chi connectivity index (χ0v) is 16.9. The third-order valence-corrected chi connectivity index (χ3v) is 6.07. The highest BCUT2D eigenvalue weighted by Gasteiger charge is 2.22. The topological polar surface area (TPSA) is 91.2 Å². The van der Waals surface area contributed by atoms with Gasteiger partial charge >= 0.3 is 0 Å². The number of nitrogens with one attached hydrogen (secondary N) is 2. The SMILES string of the molecule is COc1ccccc1NC(=O)c1sc(NC(=O)Cc2cccs2)c(C#N)c1C. The molecular weight excluding hydrogens is 394 g/mol. The fourth-order valence-corrected chi connectivity index (χ4v) is 4.39. The van der Waals surface area contributed by atoms with Gasteiger partial charge in [-0.05, 0) is 36.1 Å². The van der Waals surface area contributed by atoms with E-state index >= 15 is 0 Å². The van der Waals surface area contributed by atoms with E-state index in [9.17, 15) is 14.9 Å². The number of hydrogen-bond acceptors (Lipinski definition) is 6. The largest absolute Gasteiger partial charge is 0.495 e. The molecule has 3 rings (SSSR count). The van der Waals surface area contributed by atoms with Crippen molar-refractivity contribution in [1.82, 2.24) is 0 Å². The van der Waals surface area contributed by atoms with E-state index in [1.165, 1.54) is 18.4 Å². The Morgan fingerprint density at radius 1 is 1.18 bits per heavy atom. The molecule has 0 saturated carbocycles. The average Bonchev–Trinajstić information content (AvgIpc) is 3.29. The maximum absolute atomic E-state index is 12.7. The molecule has 8 heteroatoms. The van der Waals surface area contributed by atoms with Gasteiger partial charge in [-0.3, -0.25) is 9.59 Å². The summed E-state index contributed by atoms with van der Waals surface area (Å²) >= 11 is 2.58. The van der Waals surface area contributed by atoms with E-state index in [4.69, 9.17) is 4.74 Å². The van der Waals surface area contributed by atoms with Gasteiger partial charge in [-0.2, -0.15) is 5.26 Å². The molecule has 0 radical (unpaired) electrons. The third kappa shape index (κ3) is 4.22. The first-order valence-corrected chi connectivity index (χ1v) is 10.0. The van der Waals surface area contributed by atoms with Crippen LogP contribution in [0, 0.1) is 18.3 Å². The number of para-hydroxylation sites is 2. The number of benzene rings is 1.